The Morgan fingerprint density at radius 3 is 3.16 bits per heavy atom. The minimum absolute atomic E-state index is 0.704. The number of rotatable bonds is 3. The highest BCUT2D eigenvalue weighted by Crippen LogP contribution is 2.22. The molecule has 0 spiro atoms. The third-order valence-electron chi connectivity index (χ3n) is 4.10. The van der Waals surface area contributed by atoms with Crippen LogP contribution in [0.3, 0.4) is 0 Å². The smallest absolute Gasteiger partial charge is 0.114 e. The average Bonchev–Trinajstić information content (AvgIpc) is 2.84. The molecule has 1 aliphatic heterocycles. The third-order valence-corrected chi connectivity index (χ3v) is 4.39. The van der Waals surface area contributed by atoms with Crippen LogP contribution in [-0.4, -0.2) is 33.9 Å². The monoisotopic (exact) mass is 277 g/mol. The van der Waals surface area contributed by atoms with Crippen LogP contribution in [-0.2, 0) is 6.42 Å². The molecule has 0 radical (unpaired) electrons. The second-order valence-electron chi connectivity index (χ2n) is 5.39. The molecule has 1 fully saturated rings. The van der Waals surface area contributed by atoms with E-state index >= 15 is 0 Å². The van der Waals surface area contributed by atoms with Gasteiger partial charge in [-0.25, -0.2) is 4.98 Å². The number of aromatic nitrogens is 2. The van der Waals surface area contributed by atoms with Crippen molar-refractivity contribution in [3.05, 3.63) is 35.4 Å². The van der Waals surface area contributed by atoms with Gasteiger partial charge < -0.3 is 4.90 Å². The van der Waals surface area contributed by atoms with Crippen molar-refractivity contribution >= 4 is 17.1 Å². The summed E-state index contributed by atoms with van der Waals surface area (Å²) in [6.45, 7) is 5.83. The Kier molecular flexibility index (Phi) is 3.76. The lowest BCUT2D eigenvalue weighted by atomic mass is 9.94. The van der Waals surface area contributed by atoms with Crippen molar-refractivity contribution in [3.8, 4) is 0 Å². The van der Waals surface area contributed by atoms with Crippen LogP contribution in [0.4, 0.5) is 0 Å². The normalized spacial score (nSPS) is 21.1. The van der Waals surface area contributed by atoms with Gasteiger partial charge in [-0.15, -0.1) is 0 Å². The topological polar surface area (TPSA) is 20.5 Å². The van der Waals surface area contributed by atoms with E-state index in [1.54, 1.807) is 0 Å². The molecule has 0 N–H and O–H groups in total. The Bertz CT molecular complexity index is 564. The summed E-state index contributed by atoms with van der Waals surface area (Å²) in [4.78, 5) is 7.09. The number of pyridine rings is 1. The third kappa shape index (κ3) is 2.63. The number of imidazole rings is 1. The van der Waals surface area contributed by atoms with E-state index in [4.69, 9.17) is 11.6 Å². The van der Waals surface area contributed by atoms with Gasteiger partial charge in [-0.05, 0) is 44.0 Å². The number of likely N-dealkylation sites (tertiary alicyclic amines) is 1. The van der Waals surface area contributed by atoms with Gasteiger partial charge in [0.2, 0.25) is 0 Å². The van der Waals surface area contributed by atoms with E-state index in [0.717, 1.165) is 29.5 Å². The number of piperidine rings is 1. The van der Waals surface area contributed by atoms with Crippen LogP contribution < -0.4 is 0 Å². The number of hydrogen-bond acceptors (Lipinski definition) is 2. The predicted octanol–water partition coefficient (Wildman–Crippen LogP) is 3.26. The molecule has 19 heavy (non-hydrogen) atoms. The Balaban J connectivity index is 1.81. The number of fused-ring (bicyclic) bond motifs is 1. The molecule has 1 atom stereocenters. The zero-order valence-corrected chi connectivity index (χ0v) is 12.1. The molecule has 1 unspecified atom stereocenters. The molecule has 2 aromatic rings. The molecule has 0 aromatic carbocycles. The maximum Gasteiger partial charge on any atom is 0.114 e. The van der Waals surface area contributed by atoms with Crippen molar-refractivity contribution in [2.75, 3.05) is 19.6 Å². The Morgan fingerprint density at radius 1 is 1.42 bits per heavy atom. The van der Waals surface area contributed by atoms with Gasteiger partial charge in [0.25, 0.3) is 0 Å². The van der Waals surface area contributed by atoms with Crippen LogP contribution in [0.2, 0.25) is 5.15 Å². The summed E-state index contributed by atoms with van der Waals surface area (Å²) in [5, 5.41) is 0.758. The van der Waals surface area contributed by atoms with E-state index in [0.29, 0.717) is 5.92 Å². The lowest BCUT2D eigenvalue weighted by Crippen LogP contribution is -2.36. The molecule has 0 saturated carbocycles. The zero-order chi connectivity index (χ0) is 13.2. The van der Waals surface area contributed by atoms with E-state index in [1.807, 2.05) is 18.3 Å². The lowest BCUT2D eigenvalue weighted by molar-refractivity contribution is 0.180. The molecule has 102 valence electrons. The molecule has 0 bridgehead atoms. The van der Waals surface area contributed by atoms with Crippen LogP contribution in [0.25, 0.3) is 5.52 Å². The summed E-state index contributed by atoms with van der Waals surface area (Å²) >= 11 is 6.29. The molecule has 4 heteroatoms. The predicted molar refractivity (Wildman–Crippen MR) is 78.7 cm³/mol. The fourth-order valence-electron chi connectivity index (χ4n) is 3.08. The zero-order valence-electron chi connectivity index (χ0n) is 11.3. The molecule has 3 rings (SSSR count). The van der Waals surface area contributed by atoms with Crippen LogP contribution >= 0.6 is 11.6 Å². The van der Waals surface area contributed by atoms with E-state index in [2.05, 4.69) is 27.3 Å². The summed E-state index contributed by atoms with van der Waals surface area (Å²) in [5.41, 5.74) is 1.09. The van der Waals surface area contributed by atoms with Crippen LogP contribution in [0.1, 0.15) is 25.6 Å². The second-order valence-corrected chi connectivity index (χ2v) is 5.78. The summed E-state index contributed by atoms with van der Waals surface area (Å²) < 4.78 is 2.08. The Labute approximate surface area is 119 Å². The van der Waals surface area contributed by atoms with Crippen molar-refractivity contribution in [2.24, 2.45) is 5.92 Å². The fraction of sp³-hybridized carbons (Fsp3) is 0.533. The lowest BCUT2D eigenvalue weighted by Gasteiger charge is -2.31. The first-order valence-corrected chi connectivity index (χ1v) is 7.49. The van der Waals surface area contributed by atoms with Gasteiger partial charge >= 0.3 is 0 Å². The average molecular weight is 278 g/mol. The molecule has 0 amide bonds. The SMILES string of the molecule is CCN1CCCC(Cc2ncc3cccc(Cl)n23)C1. The number of nitrogens with zero attached hydrogens (tertiary/aromatic N) is 3. The van der Waals surface area contributed by atoms with Crippen molar-refractivity contribution in [3.63, 3.8) is 0 Å². The van der Waals surface area contributed by atoms with E-state index in [9.17, 15) is 0 Å². The summed E-state index contributed by atoms with van der Waals surface area (Å²) in [6.07, 6.45) is 5.54. The molecular weight excluding hydrogens is 258 g/mol. The van der Waals surface area contributed by atoms with E-state index < -0.39 is 0 Å². The maximum atomic E-state index is 6.29. The first-order chi connectivity index (χ1) is 9.28. The highest BCUT2D eigenvalue weighted by Gasteiger charge is 2.21. The highest BCUT2D eigenvalue weighted by atomic mass is 35.5. The van der Waals surface area contributed by atoms with Gasteiger partial charge in [0, 0.05) is 13.0 Å². The van der Waals surface area contributed by atoms with Gasteiger partial charge in [-0.1, -0.05) is 24.6 Å². The quantitative estimate of drug-likeness (QED) is 0.803. The summed E-state index contributed by atoms with van der Waals surface area (Å²) in [6, 6.07) is 5.96. The fourth-order valence-corrected chi connectivity index (χ4v) is 3.35. The molecule has 2 aromatic heterocycles. The van der Waals surface area contributed by atoms with Gasteiger partial charge in [0.05, 0.1) is 11.7 Å². The first kappa shape index (κ1) is 12.9. The van der Waals surface area contributed by atoms with Gasteiger partial charge in [-0.3, -0.25) is 4.40 Å². The van der Waals surface area contributed by atoms with Crippen molar-refractivity contribution in [2.45, 2.75) is 26.2 Å². The standard InChI is InChI=1S/C15H20ClN3/c1-2-18-8-4-5-12(11-18)9-15-17-10-13-6-3-7-14(16)19(13)15/h3,6-7,10,12H,2,4-5,8-9,11H2,1H3. The molecular formula is C15H20ClN3. The van der Waals surface area contributed by atoms with Crippen molar-refractivity contribution < 1.29 is 0 Å². The van der Waals surface area contributed by atoms with E-state index in [1.165, 1.54) is 25.9 Å². The molecule has 3 nitrogen and oxygen atoms in total. The van der Waals surface area contributed by atoms with Gasteiger partial charge in [-0.2, -0.15) is 0 Å². The summed E-state index contributed by atoms with van der Waals surface area (Å²) in [5.74, 6) is 1.80. The Morgan fingerprint density at radius 2 is 2.32 bits per heavy atom. The molecule has 0 aliphatic carbocycles. The largest absolute Gasteiger partial charge is 0.303 e. The molecule has 3 heterocycles. The number of hydrogen-bond donors (Lipinski definition) is 0. The van der Waals surface area contributed by atoms with Crippen LogP contribution in [0.15, 0.2) is 24.4 Å². The maximum absolute atomic E-state index is 6.29. The van der Waals surface area contributed by atoms with Gasteiger partial charge in [0.15, 0.2) is 0 Å². The minimum Gasteiger partial charge on any atom is -0.303 e. The first-order valence-electron chi connectivity index (χ1n) is 7.11. The minimum atomic E-state index is 0.704. The van der Waals surface area contributed by atoms with Crippen LogP contribution in [0, 0.1) is 5.92 Å². The Hall–Kier alpha value is -1.06. The summed E-state index contributed by atoms with van der Waals surface area (Å²) in [7, 11) is 0. The van der Waals surface area contributed by atoms with Crippen molar-refractivity contribution in [1.82, 2.24) is 14.3 Å². The van der Waals surface area contributed by atoms with Crippen LogP contribution in [0.5, 0.6) is 0 Å². The molecule has 1 aliphatic rings. The second kappa shape index (κ2) is 5.51. The highest BCUT2D eigenvalue weighted by molar-refractivity contribution is 6.29. The van der Waals surface area contributed by atoms with Gasteiger partial charge in [0.1, 0.15) is 11.0 Å². The number of halogens is 1. The molecule has 1 saturated heterocycles. The van der Waals surface area contributed by atoms with E-state index in [-0.39, 0.29) is 0 Å². The van der Waals surface area contributed by atoms with Crippen molar-refractivity contribution in [1.29, 1.82) is 0 Å².